The molecule has 1 N–H and O–H groups in total. The summed E-state index contributed by atoms with van der Waals surface area (Å²) in [6, 6.07) is 7.40. The number of likely N-dealkylation sites (tertiary alicyclic amines) is 1. The number of nitrogens with one attached hydrogen (secondary N) is 1. The van der Waals surface area contributed by atoms with Gasteiger partial charge in [0.25, 0.3) is 0 Å². The zero-order valence-electron chi connectivity index (χ0n) is 14.2. The van der Waals surface area contributed by atoms with Crippen molar-refractivity contribution in [2.45, 2.75) is 19.8 Å². The van der Waals surface area contributed by atoms with Crippen LogP contribution in [0, 0.1) is 12.8 Å². The van der Waals surface area contributed by atoms with E-state index in [0.29, 0.717) is 16.8 Å². The number of ether oxygens (including phenoxy) is 1. The zero-order valence-corrected chi connectivity index (χ0v) is 15.8. The number of nitrogens with zero attached hydrogens (tertiary/aromatic N) is 2. The van der Waals surface area contributed by atoms with Crippen molar-refractivity contribution in [3.63, 3.8) is 0 Å². The summed E-state index contributed by atoms with van der Waals surface area (Å²) in [5, 5.41) is 6.28. The van der Waals surface area contributed by atoms with E-state index < -0.39 is 0 Å². The van der Waals surface area contributed by atoms with Crippen molar-refractivity contribution in [1.82, 2.24) is 9.88 Å². The van der Waals surface area contributed by atoms with Gasteiger partial charge in [-0.05, 0) is 57.1 Å². The maximum absolute atomic E-state index is 12.3. The predicted octanol–water partition coefficient (Wildman–Crippen LogP) is 3.83. The number of hydrogen-bond donors (Lipinski definition) is 1. The van der Waals surface area contributed by atoms with Crippen molar-refractivity contribution in [2.75, 3.05) is 31.6 Å². The van der Waals surface area contributed by atoms with E-state index in [1.807, 2.05) is 36.6 Å². The maximum Gasteiger partial charge on any atom is 0.229 e. The lowest BCUT2D eigenvalue weighted by atomic mass is 9.96. The molecule has 0 bridgehead atoms. The smallest absolute Gasteiger partial charge is 0.229 e. The Morgan fingerprint density at radius 3 is 2.72 bits per heavy atom. The lowest BCUT2D eigenvalue weighted by Crippen LogP contribution is -2.39. The fraction of sp³-hybridized carbons (Fsp3) is 0.444. The summed E-state index contributed by atoms with van der Waals surface area (Å²) in [6.07, 6.45) is 1.74. The second-order valence-corrected chi connectivity index (χ2v) is 7.50. The molecule has 1 aliphatic rings. The molecule has 1 amide bonds. The van der Waals surface area contributed by atoms with Crippen LogP contribution in [0.2, 0.25) is 5.02 Å². The summed E-state index contributed by atoms with van der Waals surface area (Å²) in [4.78, 5) is 18.9. The van der Waals surface area contributed by atoms with Crippen LogP contribution < -0.4 is 10.1 Å². The molecule has 7 heteroatoms. The summed E-state index contributed by atoms with van der Waals surface area (Å²) in [5.41, 5.74) is 0.941. The molecule has 1 aromatic heterocycles. The van der Waals surface area contributed by atoms with Crippen LogP contribution in [0.25, 0.3) is 0 Å². The Balaban J connectivity index is 1.36. The molecule has 5 nitrogen and oxygen atoms in total. The SMILES string of the molecule is Cc1csc(NC(=O)C2CCN(CCOc3ccc(Cl)cc3)CC2)n1. The Labute approximate surface area is 157 Å². The minimum Gasteiger partial charge on any atom is -0.492 e. The van der Waals surface area contributed by atoms with Crippen LogP contribution in [0.1, 0.15) is 18.5 Å². The highest BCUT2D eigenvalue weighted by atomic mass is 35.5. The Bertz CT molecular complexity index is 697. The molecular weight excluding hydrogens is 358 g/mol. The van der Waals surface area contributed by atoms with Crippen LogP contribution in [-0.2, 0) is 4.79 Å². The van der Waals surface area contributed by atoms with Gasteiger partial charge in [-0.2, -0.15) is 0 Å². The van der Waals surface area contributed by atoms with Crippen molar-refractivity contribution >= 4 is 34.0 Å². The van der Waals surface area contributed by atoms with Crippen molar-refractivity contribution in [1.29, 1.82) is 0 Å². The van der Waals surface area contributed by atoms with Gasteiger partial charge >= 0.3 is 0 Å². The highest BCUT2D eigenvalue weighted by Crippen LogP contribution is 2.21. The number of hydrogen-bond acceptors (Lipinski definition) is 5. The molecule has 1 fully saturated rings. The number of halogens is 1. The van der Waals surface area contributed by atoms with E-state index >= 15 is 0 Å². The summed E-state index contributed by atoms with van der Waals surface area (Å²) in [5.74, 6) is 0.987. The molecule has 1 aromatic carbocycles. The minimum atomic E-state index is 0.0673. The molecule has 2 heterocycles. The first-order valence-electron chi connectivity index (χ1n) is 8.44. The third-order valence-corrected chi connectivity index (χ3v) is 5.42. The van der Waals surface area contributed by atoms with Gasteiger partial charge in [-0.25, -0.2) is 4.98 Å². The molecule has 0 saturated carbocycles. The number of carbonyl (C=O) groups excluding carboxylic acids is 1. The van der Waals surface area contributed by atoms with E-state index in [0.717, 1.165) is 43.9 Å². The monoisotopic (exact) mass is 379 g/mol. The Hall–Kier alpha value is -1.63. The van der Waals surface area contributed by atoms with Gasteiger partial charge in [0.2, 0.25) is 5.91 Å². The third kappa shape index (κ3) is 5.42. The summed E-state index contributed by atoms with van der Waals surface area (Å²) in [7, 11) is 0. The number of piperidine rings is 1. The molecule has 3 rings (SSSR count). The van der Waals surface area contributed by atoms with E-state index in [-0.39, 0.29) is 11.8 Å². The van der Waals surface area contributed by atoms with Crippen molar-refractivity contribution in [3.05, 3.63) is 40.4 Å². The van der Waals surface area contributed by atoms with Crippen molar-refractivity contribution in [2.24, 2.45) is 5.92 Å². The number of anilines is 1. The highest BCUT2D eigenvalue weighted by molar-refractivity contribution is 7.13. The average molecular weight is 380 g/mol. The van der Waals surface area contributed by atoms with Crippen LogP contribution in [0.3, 0.4) is 0 Å². The number of aryl methyl sites for hydroxylation is 1. The Morgan fingerprint density at radius 1 is 1.36 bits per heavy atom. The lowest BCUT2D eigenvalue weighted by Gasteiger charge is -2.30. The van der Waals surface area contributed by atoms with Gasteiger partial charge in [0.15, 0.2) is 5.13 Å². The quantitative estimate of drug-likeness (QED) is 0.828. The number of amides is 1. The van der Waals surface area contributed by atoms with E-state index in [2.05, 4.69) is 15.2 Å². The number of aromatic nitrogens is 1. The molecule has 1 aliphatic heterocycles. The number of thiazole rings is 1. The molecule has 0 aliphatic carbocycles. The number of rotatable bonds is 6. The highest BCUT2D eigenvalue weighted by Gasteiger charge is 2.25. The molecular formula is C18H22ClN3O2S. The second-order valence-electron chi connectivity index (χ2n) is 6.20. The Morgan fingerprint density at radius 2 is 2.08 bits per heavy atom. The van der Waals surface area contributed by atoms with Gasteiger partial charge in [0.1, 0.15) is 12.4 Å². The Kier molecular flexibility index (Phi) is 6.29. The number of benzene rings is 1. The predicted molar refractivity (Wildman–Crippen MR) is 102 cm³/mol. The average Bonchev–Trinajstić information content (AvgIpc) is 3.02. The van der Waals surface area contributed by atoms with E-state index in [4.69, 9.17) is 16.3 Å². The lowest BCUT2D eigenvalue weighted by molar-refractivity contribution is -0.121. The minimum absolute atomic E-state index is 0.0673. The largest absolute Gasteiger partial charge is 0.492 e. The van der Waals surface area contributed by atoms with Crippen LogP contribution in [0.15, 0.2) is 29.6 Å². The molecule has 0 spiro atoms. The van der Waals surface area contributed by atoms with E-state index in [9.17, 15) is 4.79 Å². The first-order valence-corrected chi connectivity index (χ1v) is 9.69. The topological polar surface area (TPSA) is 54.5 Å². The molecule has 0 radical (unpaired) electrons. The fourth-order valence-electron chi connectivity index (χ4n) is 2.86. The molecule has 134 valence electrons. The first kappa shape index (κ1) is 18.2. The summed E-state index contributed by atoms with van der Waals surface area (Å²) >= 11 is 7.33. The third-order valence-electron chi connectivity index (χ3n) is 4.30. The normalized spacial score (nSPS) is 15.9. The summed E-state index contributed by atoms with van der Waals surface area (Å²) in [6.45, 7) is 5.26. The van der Waals surface area contributed by atoms with Gasteiger partial charge in [0.05, 0.1) is 5.69 Å². The summed E-state index contributed by atoms with van der Waals surface area (Å²) < 4.78 is 5.73. The molecule has 2 aromatic rings. The fourth-order valence-corrected chi connectivity index (χ4v) is 3.68. The molecule has 25 heavy (non-hydrogen) atoms. The van der Waals surface area contributed by atoms with Gasteiger partial charge in [0, 0.05) is 22.9 Å². The van der Waals surface area contributed by atoms with E-state index in [1.165, 1.54) is 11.3 Å². The van der Waals surface area contributed by atoms with Crippen LogP contribution >= 0.6 is 22.9 Å². The van der Waals surface area contributed by atoms with Crippen LogP contribution in [-0.4, -0.2) is 42.0 Å². The van der Waals surface area contributed by atoms with Crippen LogP contribution in [0.4, 0.5) is 5.13 Å². The zero-order chi connectivity index (χ0) is 17.6. The molecule has 0 atom stereocenters. The van der Waals surface area contributed by atoms with Crippen LogP contribution in [0.5, 0.6) is 5.75 Å². The van der Waals surface area contributed by atoms with Crippen molar-refractivity contribution < 1.29 is 9.53 Å². The van der Waals surface area contributed by atoms with E-state index in [1.54, 1.807) is 0 Å². The number of carbonyl (C=O) groups is 1. The van der Waals surface area contributed by atoms with Gasteiger partial charge in [-0.15, -0.1) is 11.3 Å². The second kappa shape index (κ2) is 8.65. The van der Waals surface area contributed by atoms with Gasteiger partial charge in [-0.1, -0.05) is 11.6 Å². The first-order chi connectivity index (χ1) is 12.1. The van der Waals surface area contributed by atoms with Crippen molar-refractivity contribution in [3.8, 4) is 5.75 Å². The molecule has 0 unspecified atom stereocenters. The molecule has 1 saturated heterocycles. The standard InChI is InChI=1S/C18H22ClN3O2S/c1-13-12-25-18(20-13)21-17(23)14-6-8-22(9-7-14)10-11-24-16-4-2-15(19)3-5-16/h2-5,12,14H,6-11H2,1H3,(H,20,21,23). The maximum atomic E-state index is 12.3. The van der Waals surface area contributed by atoms with Gasteiger partial charge < -0.3 is 10.1 Å². The van der Waals surface area contributed by atoms with Gasteiger partial charge in [-0.3, -0.25) is 9.69 Å².